The lowest BCUT2D eigenvalue weighted by molar-refractivity contribution is 0.412. The van der Waals surface area contributed by atoms with Crippen molar-refractivity contribution in [2.75, 3.05) is 7.11 Å². The number of rotatable bonds is 3. The molecule has 0 saturated heterocycles. The standard InChI is InChI=1S/C12H16N4O/c1-8-4-11(16(2)15-8)12(13)9-5-10(17-3)7-14-6-9/h4-7,12H,13H2,1-3H3. The van der Waals surface area contributed by atoms with Gasteiger partial charge in [-0.15, -0.1) is 0 Å². The van der Waals surface area contributed by atoms with Gasteiger partial charge in [-0.2, -0.15) is 5.10 Å². The van der Waals surface area contributed by atoms with Crippen molar-refractivity contribution in [3.05, 3.63) is 41.5 Å². The molecule has 0 amide bonds. The Kier molecular flexibility index (Phi) is 3.10. The minimum atomic E-state index is -0.246. The molecule has 0 fully saturated rings. The summed E-state index contributed by atoms with van der Waals surface area (Å²) < 4.78 is 6.93. The Balaban J connectivity index is 2.36. The van der Waals surface area contributed by atoms with Crippen LogP contribution >= 0.6 is 0 Å². The van der Waals surface area contributed by atoms with Crippen LogP contribution in [0.25, 0.3) is 0 Å². The average molecular weight is 232 g/mol. The normalized spacial score (nSPS) is 12.5. The molecule has 5 nitrogen and oxygen atoms in total. The van der Waals surface area contributed by atoms with Crippen LogP contribution < -0.4 is 10.5 Å². The van der Waals surface area contributed by atoms with E-state index in [1.165, 1.54) is 0 Å². The molecule has 0 bridgehead atoms. The number of pyridine rings is 1. The summed E-state index contributed by atoms with van der Waals surface area (Å²) >= 11 is 0. The van der Waals surface area contributed by atoms with Gasteiger partial charge in [0, 0.05) is 13.2 Å². The molecule has 2 rings (SSSR count). The number of hydrogen-bond acceptors (Lipinski definition) is 4. The van der Waals surface area contributed by atoms with Gasteiger partial charge in [0.2, 0.25) is 0 Å². The number of ether oxygens (including phenoxy) is 1. The highest BCUT2D eigenvalue weighted by Crippen LogP contribution is 2.22. The van der Waals surface area contributed by atoms with Crippen molar-refractivity contribution >= 4 is 0 Å². The van der Waals surface area contributed by atoms with Crippen molar-refractivity contribution < 1.29 is 4.74 Å². The third kappa shape index (κ3) is 2.29. The number of nitrogens with zero attached hydrogens (tertiary/aromatic N) is 3. The summed E-state index contributed by atoms with van der Waals surface area (Å²) in [6.07, 6.45) is 3.40. The molecule has 2 aromatic heterocycles. The lowest BCUT2D eigenvalue weighted by Crippen LogP contribution is -2.16. The van der Waals surface area contributed by atoms with Crippen molar-refractivity contribution in [1.82, 2.24) is 14.8 Å². The fourth-order valence-electron chi connectivity index (χ4n) is 1.81. The number of hydrogen-bond donors (Lipinski definition) is 1. The van der Waals surface area contributed by atoms with Gasteiger partial charge in [0.05, 0.1) is 30.7 Å². The van der Waals surface area contributed by atoms with Crippen molar-refractivity contribution in [2.45, 2.75) is 13.0 Å². The smallest absolute Gasteiger partial charge is 0.137 e. The Labute approximate surface area is 100 Å². The molecule has 2 heterocycles. The Hall–Kier alpha value is -1.88. The Morgan fingerprint density at radius 2 is 2.12 bits per heavy atom. The van der Waals surface area contributed by atoms with Gasteiger partial charge in [-0.25, -0.2) is 0 Å². The molecule has 0 aliphatic carbocycles. The molecule has 17 heavy (non-hydrogen) atoms. The predicted molar refractivity (Wildman–Crippen MR) is 64.8 cm³/mol. The van der Waals surface area contributed by atoms with Gasteiger partial charge in [0.25, 0.3) is 0 Å². The summed E-state index contributed by atoms with van der Waals surface area (Å²) in [6.45, 7) is 1.94. The highest BCUT2D eigenvalue weighted by atomic mass is 16.5. The number of methoxy groups -OCH3 is 1. The third-order valence-corrected chi connectivity index (χ3v) is 2.69. The van der Waals surface area contributed by atoms with E-state index in [4.69, 9.17) is 10.5 Å². The Morgan fingerprint density at radius 1 is 1.35 bits per heavy atom. The van der Waals surface area contributed by atoms with Crippen LogP contribution in [0, 0.1) is 6.92 Å². The van der Waals surface area contributed by atoms with Crippen molar-refractivity contribution in [3.63, 3.8) is 0 Å². The van der Waals surface area contributed by atoms with E-state index in [2.05, 4.69) is 10.1 Å². The van der Waals surface area contributed by atoms with Crippen molar-refractivity contribution in [2.24, 2.45) is 12.8 Å². The monoisotopic (exact) mass is 232 g/mol. The highest BCUT2D eigenvalue weighted by molar-refractivity contribution is 5.31. The molecule has 2 aromatic rings. The van der Waals surface area contributed by atoms with E-state index in [0.29, 0.717) is 5.75 Å². The zero-order valence-corrected chi connectivity index (χ0v) is 10.2. The SMILES string of the molecule is COc1cncc(C(N)c2cc(C)nn2C)c1. The zero-order valence-electron chi connectivity index (χ0n) is 10.2. The van der Waals surface area contributed by atoms with Crippen LogP contribution in [-0.4, -0.2) is 21.9 Å². The molecule has 1 atom stereocenters. The van der Waals surface area contributed by atoms with Crippen LogP contribution in [0.15, 0.2) is 24.5 Å². The second kappa shape index (κ2) is 4.55. The summed E-state index contributed by atoms with van der Waals surface area (Å²) in [7, 11) is 3.50. The molecule has 90 valence electrons. The second-order valence-corrected chi connectivity index (χ2v) is 3.97. The van der Waals surface area contributed by atoms with Gasteiger partial charge in [-0.1, -0.05) is 0 Å². The molecular formula is C12H16N4O. The lowest BCUT2D eigenvalue weighted by atomic mass is 10.1. The molecule has 5 heteroatoms. The van der Waals surface area contributed by atoms with E-state index in [1.807, 2.05) is 26.1 Å². The lowest BCUT2D eigenvalue weighted by Gasteiger charge is -2.12. The van der Waals surface area contributed by atoms with Crippen LogP contribution in [0.1, 0.15) is 23.0 Å². The Morgan fingerprint density at radius 3 is 2.71 bits per heavy atom. The maximum absolute atomic E-state index is 6.20. The fourth-order valence-corrected chi connectivity index (χ4v) is 1.81. The third-order valence-electron chi connectivity index (χ3n) is 2.69. The molecule has 2 N–H and O–H groups in total. The molecule has 0 aliphatic rings. The summed E-state index contributed by atoms with van der Waals surface area (Å²) in [5.74, 6) is 0.705. The fraction of sp³-hybridized carbons (Fsp3) is 0.333. The summed E-state index contributed by atoms with van der Waals surface area (Å²) in [5.41, 5.74) is 9.02. The van der Waals surface area contributed by atoms with Gasteiger partial charge in [0.15, 0.2) is 0 Å². The van der Waals surface area contributed by atoms with E-state index in [1.54, 1.807) is 24.2 Å². The zero-order chi connectivity index (χ0) is 12.4. The highest BCUT2D eigenvalue weighted by Gasteiger charge is 2.14. The first-order valence-corrected chi connectivity index (χ1v) is 5.37. The minimum Gasteiger partial charge on any atom is -0.495 e. The average Bonchev–Trinajstić information content (AvgIpc) is 2.67. The maximum Gasteiger partial charge on any atom is 0.137 e. The van der Waals surface area contributed by atoms with E-state index in [-0.39, 0.29) is 6.04 Å². The molecular weight excluding hydrogens is 216 g/mol. The first kappa shape index (κ1) is 11.6. The van der Waals surface area contributed by atoms with Crippen molar-refractivity contribution in [3.8, 4) is 5.75 Å². The molecule has 0 spiro atoms. The largest absolute Gasteiger partial charge is 0.495 e. The van der Waals surface area contributed by atoms with E-state index < -0.39 is 0 Å². The van der Waals surface area contributed by atoms with Gasteiger partial charge < -0.3 is 10.5 Å². The Bertz CT molecular complexity index is 521. The molecule has 0 aromatic carbocycles. The van der Waals surface area contributed by atoms with Crippen LogP contribution in [0.4, 0.5) is 0 Å². The second-order valence-electron chi connectivity index (χ2n) is 3.97. The van der Waals surface area contributed by atoms with Crippen molar-refractivity contribution in [1.29, 1.82) is 0 Å². The van der Waals surface area contributed by atoms with Crippen LogP contribution in [0.5, 0.6) is 5.75 Å². The van der Waals surface area contributed by atoms with E-state index in [0.717, 1.165) is 17.0 Å². The number of aryl methyl sites for hydroxylation is 2. The van der Waals surface area contributed by atoms with Gasteiger partial charge >= 0.3 is 0 Å². The summed E-state index contributed by atoms with van der Waals surface area (Å²) in [4.78, 5) is 4.10. The van der Waals surface area contributed by atoms with E-state index >= 15 is 0 Å². The van der Waals surface area contributed by atoms with Crippen LogP contribution in [-0.2, 0) is 7.05 Å². The maximum atomic E-state index is 6.20. The van der Waals surface area contributed by atoms with Gasteiger partial charge in [-0.3, -0.25) is 9.67 Å². The topological polar surface area (TPSA) is 66.0 Å². The van der Waals surface area contributed by atoms with Gasteiger partial charge in [0.1, 0.15) is 5.75 Å². The van der Waals surface area contributed by atoms with Crippen LogP contribution in [0.3, 0.4) is 0 Å². The van der Waals surface area contributed by atoms with Crippen LogP contribution in [0.2, 0.25) is 0 Å². The summed E-state index contributed by atoms with van der Waals surface area (Å²) in [5, 5.41) is 4.29. The van der Waals surface area contributed by atoms with Gasteiger partial charge in [-0.05, 0) is 24.6 Å². The summed E-state index contributed by atoms with van der Waals surface area (Å²) in [6, 6.07) is 3.62. The molecule has 0 aliphatic heterocycles. The molecule has 1 unspecified atom stereocenters. The number of nitrogens with two attached hydrogens (primary N) is 1. The quantitative estimate of drug-likeness (QED) is 0.863. The predicted octanol–water partition coefficient (Wildman–Crippen LogP) is 1.18. The molecule has 0 saturated carbocycles. The first-order valence-electron chi connectivity index (χ1n) is 5.37. The molecule has 0 radical (unpaired) electrons. The first-order chi connectivity index (χ1) is 8.11. The number of aromatic nitrogens is 3. The minimum absolute atomic E-state index is 0.246. The van der Waals surface area contributed by atoms with E-state index in [9.17, 15) is 0 Å².